The molecule has 6 nitrogen and oxygen atoms in total. The highest BCUT2D eigenvalue weighted by atomic mass is 35.5. The molecule has 0 spiro atoms. The SMILES string of the molecule is Cc1cccc(-n2nnc3c2CCN(C(=O)c2cccc(Cl)c2Cl)[C@@H]3C)n1. The van der Waals surface area contributed by atoms with Gasteiger partial charge in [-0.15, -0.1) is 5.10 Å². The number of rotatable bonds is 2. The van der Waals surface area contributed by atoms with E-state index in [-0.39, 0.29) is 17.0 Å². The van der Waals surface area contributed by atoms with Crippen LogP contribution in [0.4, 0.5) is 0 Å². The van der Waals surface area contributed by atoms with Gasteiger partial charge in [0, 0.05) is 18.7 Å². The van der Waals surface area contributed by atoms with E-state index in [1.165, 1.54) is 0 Å². The van der Waals surface area contributed by atoms with E-state index < -0.39 is 0 Å². The van der Waals surface area contributed by atoms with Gasteiger partial charge in [-0.25, -0.2) is 4.98 Å². The minimum Gasteiger partial charge on any atom is -0.330 e. The summed E-state index contributed by atoms with van der Waals surface area (Å²) in [5.41, 5.74) is 3.05. The van der Waals surface area contributed by atoms with Gasteiger partial charge in [0.2, 0.25) is 0 Å². The number of hydrogen-bond acceptors (Lipinski definition) is 4. The Morgan fingerprint density at radius 2 is 1.96 bits per heavy atom. The number of aromatic nitrogens is 4. The van der Waals surface area contributed by atoms with E-state index in [2.05, 4.69) is 15.3 Å². The molecule has 0 saturated heterocycles. The van der Waals surface area contributed by atoms with Gasteiger partial charge in [0.25, 0.3) is 5.91 Å². The molecule has 1 aliphatic rings. The van der Waals surface area contributed by atoms with Gasteiger partial charge in [0.15, 0.2) is 5.82 Å². The van der Waals surface area contributed by atoms with Gasteiger partial charge < -0.3 is 4.90 Å². The largest absolute Gasteiger partial charge is 0.330 e. The first-order valence-electron chi connectivity index (χ1n) is 8.61. The summed E-state index contributed by atoms with van der Waals surface area (Å²) >= 11 is 12.3. The first-order valence-corrected chi connectivity index (χ1v) is 9.36. The first kappa shape index (κ1) is 17.9. The van der Waals surface area contributed by atoms with E-state index in [9.17, 15) is 4.79 Å². The van der Waals surface area contributed by atoms with Crippen LogP contribution in [0.1, 0.15) is 40.4 Å². The van der Waals surface area contributed by atoms with Crippen LogP contribution in [-0.2, 0) is 6.42 Å². The number of hydrogen-bond donors (Lipinski definition) is 0. The molecule has 138 valence electrons. The van der Waals surface area contributed by atoms with Crippen molar-refractivity contribution in [2.75, 3.05) is 6.54 Å². The zero-order chi connectivity index (χ0) is 19.1. The summed E-state index contributed by atoms with van der Waals surface area (Å²) in [6.07, 6.45) is 0.631. The van der Waals surface area contributed by atoms with Crippen molar-refractivity contribution >= 4 is 29.1 Å². The average Bonchev–Trinajstić information content (AvgIpc) is 3.09. The number of halogens is 2. The second kappa shape index (κ2) is 6.94. The minimum atomic E-state index is -0.227. The lowest BCUT2D eigenvalue weighted by Gasteiger charge is -2.32. The summed E-state index contributed by atoms with van der Waals surface area (Å²) in [7, 11) is 0. The Hall–Kier alpha value is -2.44. The number of pyridine rings is 1. The fraction of sp³-hybridized carbons (Fsp3) is 0.263. The molecule has 27 heavy (non-hydrogen) atoms. The van der Waals surface area contributed by atoms with Gasteiger partial charge in [-0.2, -0.15) is 4.68 Å². The quantitative estimate of drug-likeness (QED) is 0.649. The third-order valence-electron chi connectivity index (χ3n) is 4.78. The van der Waals surface area contributed by atoms with Gasteiger partial charge in [-0.3, -0.25) is 4.79 Å². The Balaban J connectivity index is 1.67. The fourth-order valence-electron chi connectivity index (χ4n) is 3.37. The molecule has 0 fully saturated rings. The van der Waals surface area contributed by atoms with E-state index in [0.29, 0.717) is 23.6 Å². The van der Waals surface area contributed by atoms with Crippen molar-refractivity contribution in [2.45, 2.75) is 26.3 Å². The Labute approximate surface area is 166 Å². The predicted octanol–water partition coefficient (Wildman–Crippen LogP) is 4.04. The van der Waals surface area contributed by atoms with E-state index in [0.717, 1.165) is 22.9 Å². The molecule has 8 heteroatoms. The molecular weight excluding hydrogens is 385 g/mol. The summed E-state index contributed by atoms with van der Waals surface area (Å²) in [6.45, 7) is 4.41. The molecule has 3 heterocycles. The van der Waals surface area contributed by atoms with Crippen LogP contribution in [0.3, 0.4) is 0 Å². The van der Waals surface area contributed by atoms with Crippen molar-refractivity contribution in [3.05, 3.63) is 69.1 Å². The number of benzene rings is 1. The molecule has 0 aliphatic carbocycles. The molecule has 0 unspecified atom stereocenters. The summed E-state index contributed by atoms with van der Waals surface area (Å²) in [5.74, 6) is 0.567. The average molecular weight is 402 g/mol. The molecule has 0 bridgehead atoms. The van der Waals surface area contributed by atoms with Crippen LogP contribution in [0.25, 0.3) is 5.82 Å². The van der Waals surface area contributed by atoms with Gasteiger partial charge in [0.05, 0.1) is 27.3 Å². The molecule has 1 atom stereocenters. The summed E-state index contributed by atoms with van der Waals surface area (Å²) < 4.78 is 1.76. The van der Waals surface area contributed by atoms with Crippen molar-refractivity contribution < 1.29 is 4.79 Å². The number of fused-ring (bicyclic) bond motifs is 1. The highest BCUT2D eigenvalue weighted by molar-refractivity contribution is 6.43. The van der Waals surface area contributed by atoms with Gasteiger partial charge >= 0.3 is 0 Å². The third-order valence-corrected chi connectivity index (χ3v) is 5.60. The van der Waals surface area contributed by atoms with Crippen LogP contribution in [0, 0.1) is 6.92 Å². The lowest BCUT2D eigenvalue weighted by Crippen LogP contribution is -2.39. The van der Waals surface area contributed by atoms with Crippen molar-refractivity contribution in [2.24, 2.45) is 0 Å². The Morgan fingerprint density at radius 3 is 2.74 bits per heavy atom. The molecule has 0 radical (unpaired) electrons. The van der Waals surface area contributed by atoms with Gasteiger partial charge in [-0.1, -0.05) is 40.5 Å². The fourth-order valence-corrected chi connectivity index (χ4v) is 3.75. The van der Waals surface area contributed by atoms with Crippen molar-refractivity contribution in [3.8, 4) is 5.82 Å². The summed E-state index contributed by atoms with van der Waals surface area (Å²) in [6, 6.07) is 10.6. The van der Waals surface area contributed by atoms with Crippen LogP contribution in [-0.4, -0.2) is 37.3 Å². The van der Waals surface area contributed by atoms with Crippen LogP contribution < -0.4 is 0 Å². The van der Waals surface area contributed by atoms with Crippen LogP contribution >= 0.6 is 23.2 Å². The third kappa shape index (κ3) is 3.09. The summed E-state index contributed by atoms with van der Waals surface area (Å²) in [4.78, 5) is 19.3. The molecule has 0 N–H and O–H groups in total. The van der Waals surface area contributed by atoms with E-state index >= 15 is 0 Å². The molecule has 4 rings (SSSR count). The Morgan fingerprint density at radius 1 is 1.19 bits per heavy atom. The number of aryl methyl sites for hydroxylation is 1. The standard InChI is InChI=1S/C19H17Cl2N5O/c1-11-5-3-8-16(22-11)26-15-9-10-25(12(2)18(15)23-24-26)19(27)13-6-4-7-14(20)17(13)21/h3-8,12H,9-10H2,1-2H3/t12-/m1/s1. The second-order valence-electron chi connectivity index (χ2n) is 6.50. The van der Waals surface area contributed by atoms with Crippen LogP contribution in [0.15, 0.2) is 36.4 Å². The Kier molecular flexibility index (Phi) is 4.61. The van der Waals surface area contributed by atoms with E-state index in [1.54, 1.807) is 27.8 Å². The maximum Gasteiger partial charge on any atom is 0.255 e. The predicted molar refractivity (Wildman–Crippen MR) is 104 cm³/mol. The molecule has 0 saturated carbocycles. The number of nitrogens with zero attached hydrogens (tertiary/aromatic N) is 5. The van der Waals surface area contributed by atoms with E-state index in [4.69, 9.17) is 23.2 Å². The first-order chi connectivity index (χ1) is 13.0. The number of carbonyl (C=O) groups excluding carboxylic acids is 1. The zero-order valence-corrected chi connectivity index (χ0v) is 16.4. The van der Waals surface area contributed by atoms with Crippen LogP contribution in [0.5, 0.6) is 0 Å². The number of carbonyl (C=O) groups is 1. The van der Waals surface area contributed by atoms with Gasteiger partial charge in [0.1, 0.15) is 5.69 Å². The van der Waals surface area contributed by atoms with Crippen molar-refractivity contribution in [1.29, 1.82) is 0 Å². The topological polar surface area (TPSA) is 63.9 Å². The zero-order valence-electron chi connectivity index (χ0n) is 14.9. The molecular formula is C19H17Cl2N5O. The molecule has 3 aromatic rings. The van der Waals surface area contributed by atoms with Crippen molar-refractivity contribution in [1.82, 2.24) is 24.9 Å². The van der Waals surface area contributed by atoms with Gasteiger partial charge in [-0.05, 0) is 38.1 Å². The molecule has 1 amide bonds. The Bertz CT molecular complexity index is 1030. The lowest BCUT2D eigenvalue weighted by atomic mass is 10.0. The number of amides is 1. The smallest absolute Gasteiger partial charge is 0.255 e. The maximum absolute atomic E-state index is 13.0. The minimum absolute atomic E-state index is 0.163. The highest BCUT2D eigenvalue weighted by Gasteiger charge is 2.33. The highest BCUT2D eigenvalue weighted by Crippen LogP contribution is 2.32. The maximum atomic E-state index is 13.0. The lowest BCUT2D eigenvalue weighted by molar-refractivity contribution is 0.0672. The van der Waals surface area contributed by atoms with Crippen LogP contribution in [0.2, 0.25) is 10.0 Å². The van der Waals surface area contributed by atoms with E-state index in [1.807, 2.05) is 32.0 Å². The summed E-state index contributed by atoms with van der Waals surface area (Å²) in [5, 5.41) is 9.24. The monoisotopic (exact) mass is 401 g/mol. The van der Waals surface area contributed by atoms with Crippen molar-refractivity contribution in [3.63, 3.8) is 0 Å². The molecule has 1 aliphatic heterocycles. The second-order valence-corrected chi connectivity index (χ2v) is 7.28. The molecule has 2 aromatic heterocycles. The molecule has 1 aromatic carbocycles. The normalized spacial score (nSPS) is 16.3.